The fourth-order valence-electron chi connectivity index (χ4n) is 8.18. The standard InChI is InChI=1S/C40H31Cl2F5N4O4/c41-29-21-31(43)27(19-37(29)50(52)53)35-11-12-36(28-20-38(51(54)55)30(42)22-32(28)44)49(35)26-17-33(45)39(34(46)18-26)48-15-13-25(14-16-48)40(47,23-7-3-1-4-8-23)24-9-5-2-6-10-24/h1-10,17-22,25,35-36H,11-16H2. The quantitative estimate of drug-likeness (QED) is 0.0838. The van der Waals surface area contributed by atoms with E-state index in [0.29, 0.717) is 11.1 Å². The van der Waals surface area contributed by atoms with Crippen LogP contribution in [-0.2, 0) is 5.67 Å². The average Bonchev–Trinajstić information content (AvgIpc) is 3.59. The van der Waals surface area contributed by atoms with Gasteiger partial charge in [-0.3, -0.25) is 20.2 Å². The maximum atomic E-state index is 17.3. The van der Waals surface area contributed by atoms with Crippen LogP contribution in [-0.4, -0.2) is 22.9 Å². The molecule has 0 bridgehead atoms. The Labute approximate surface area is 322 Å². The largest absolute Gasteiger partial charge is 0.367 e. The first-order chi connectivity index (χ1) is 26.3. The Morgan fingerprint density at radius 2 is 1.04 bits per heavy atom. The molecule has 2 saturated heterocycles. The summed E-state index contributed by atoms with van der Waals surface area (Å²) in [5, 5.41) is 22.5. The molecule has 0 aromatic heterocycles. The third kappa shape index (κ3) is 6.95. The van der Waals surface area contributed by atoms with Crippen LogP contribution in [0.3, 0.4) is 0 Å². The van der Waals surface area contributed by atoms with Gasteiger partial charge in [0.25, 0.3) is 11.4 Å². The van der Waals surface area contributed by atoms with Gasteiger partial charge in [0, 0.05) is 48.0 Å². The predicted octanol–water partition coefficient (Wildman–Crippen LogP) is 11.6. The lowest BCUT2D eigenvalue weighted by atomic mass is 9.73. The smallest absolute Gasteiger partial charge is 0.288 e. The third-order valence-electron chi connectivity index (χ3n) is 10.7. The van der Waals surface area contributed by atoms with E-state index in [1.54, 1.807) is 60.7 Å². The molecule has 284 valence electrons. The number of nitro benzene ring substituents is 2. The predicted molar refractivity (Wildman–Crippen MR) is 199 cm³/mol. The lowest BCUT2D eigenvalue weighted by molar-refractivity contribution is -0.384. The van der Waals surface area contributed by atoms with Crippen molar-refractivity contribution < 1.29 is 31.8 Å². The lowest BCUT2D eigenvalue weighted by Gasteiger charge is -2.41. The molecule has 8 nitrogen and oxygen atoms in total. The normalized spacial score (nSPS) is 17.8. The van der Waals surface area contributed by atoms with Gasteiger partial charge in [-0.25, -0.2) is 22.0 Å². The Balaban J connectivity index is 1.25. The van der Waals surface area contributed by atoms with Gasteiger partial charge in [0.05, 0.1) is 21.9 Å². The Morgan fingerprint density at radius 3 is 1.44 bits per heavy atom. The fraction of sp³-hybridized carbons (Fsp3) is 0.250. The summed E-state index contributed by atoms with van der Waals surface area (Å²) in [6.07, 6.45) is 0.506. The molecule has 7 rings (SSSR count). The summed E-state index contributed by atoms with van der Waals surface area (Å²) < 4.78 is 81.1. The van der Waals surface area contributed by atoms with Crippen molar-refractivity contribution in [3.63, 3.8) is 0 Å². The average molecular weight is 798 g/mol. The van der Waals surface area contributed by atoms with Gasteiger partial charge in [0.1, 0.15) is 27.4 Å². The molecule has 2 aliphatic heterocycles. The van der Waals surface area contributed by atoms with Gasteiger partial charge in [0.2, 0.25) is 0 Å². The fourth-order valence-corrected chi connectivity index (χ4v) is 8.62. The molecule has 0 amide bonds. The molecule has 0 saturated carbocycles. The van der Waals surface area contributed by atoms with Gasteiger partial charge in [-0.1, -0.05) is 83.9 Å². The van der Waals surface area contributed by atoms with Crippen molar-refractivity contribution in [2.75, 3.05) is 22.9 Å². The van der Waals surface area contributed by atoms with E-state index in [-0.39, 0.29) is 61.3 Å². The van der Waals surface area contributed by atoms with E-state index in [1.165, 1.54) is 9.80 Å². The van der Waals surface area contributed by atoms with Crippen molar-refractivity contribution in [1.82, 2.24) is 0 Å². The van der Waals surface area contributed by atoms with Gasteiger partial charge < -0.3 is 9.80 Å². The van der Waals surface area contributed by atoms with Crippen LogP contribution in [0.5, 0.6) is 0 Å². The van der Waals surface area contributed by atoms with Crippen LogP contribution in [0.1, 0.15) is 60.0 Å². The van der Waals surface area contributed by atoms with Gasteiger partial charge >= 0.3 is 0 Å². The molecule has 5 aromatic carbocycles. The number of rotatable bonds is 9. The van der Waals surface area contributed by atoms with Gasteiger partial charge in [-0.05, 0) is 61.1 Å². The van der Waals surface area contributed by atoms with E-state index >= 15 is 22.0 Å². The zero-order valence-electron chi connectivity index (χ0n) is 28.8. The van der Waals surface area contributed by atoms with Crippen molar-refractivity contribution in [1.29, 1.82) is 0 Å². The maximum Gasteiger partial charge on any atom is 0.288 e. The van der Waals surface area contributed by atoms with Gasteiger partial charge in [0.15, 0.2) is 17.3 Å². The summed E-state index contributed by atoms with van der Waals surface area (Å²) in [5.41, 5.74) is -3.21. The van der Waals surface area contributed by atoms with Crippen LogP contribution in [0.4, 0.5) is 44.7 Å². The lowest BCUT2D eigenvalue weighted by Crippen LogP contribution is -2.42. The van der Waals surface area contributed by atoms with Crippen LogP contribution in [0, 0.1) is 49.4 Å². The minimum Gasteiger partial charge on any atom is -0.367 e. The monoisotopic (exact) mass is 796 g/mol. The molecule has 2 heterocycles. The molecule has 5 aromatic rings. The minimum absolute atomic E-state index is 0.00253. The summed E-state index contributed by atoms with van der Waals surface area (Å²) in [5.74, 6) is -4.46. The summed E-state index contributed by atoms with van der Waals surface area (Å²) in [6.45, 7) is 0.217. The second-order valence-corrected chi connectivity index (χ2v) is 14.5. The number of hydrogen-bond donors (Lipinski definition) is 0. The van der Waals surface area contributed by atoms with E-state index in [9.17, 15) is 20.2 Å². The molecule has 2 atom stereocenters. The third-order valence-corrected chi connectivity index (χ3v) is 11.3. The molecular weight excluding hydrogens is 766 g/mol. The summed E-state index contributed by atoms with van der Waals surface area (Å²) in [6, 6.07) is 20.5. The molecule has 55 heavy (non-hydrogen) atoms. The number of nitro groups is 2. The molecule has 0 spiro atoms. The van der Waals surface area contributed by atoms with E-state index < -0.39 is 78.2 Å². The van der Waals surface area contributed by atoms with E-state index in [0.717, 1.165) is 36.4 Å². The Morgan fingerprint density at radius 1 is 0.618 bits per heavy atom. The molecular formula is C40H31Cl2F5N4O4. The van der Waals surface area contributed by atoms with Gasteiger partial charge in [-0.2, -0.15) is 0 Å². The van der Waals surface area contributed by atoms with Crippen molar-refractivity contribution >= 4 is 46.0 Å². The van der Waals surface area contributed by atoms with Gasteiger partial charge in [-0.15, -0.1) is 0 Å². The Kier molecular flexibility index (Phi) is 10.4. The molecule has 2 fully saturated rings. The molecule has 0 radical (unpaired) electrons. The van der Waals surface area contributed by atoms with E-state index in [4.69, 9.17) is 23.2 Å². The van der Waals surface area contributed by atoms with Crippen molar-refractivity contribution in [3.05, 3.63) is 173 Å². The first-order valence-corrected chi connectivity index (χ1v) is 18.1. The molecule has 2 aliphatic rings. The first-order valence-electron chi connectivity index (χ1n) is 17.4. The van der Waals surface area contributed by atoms with E-state index in [1.807, 2.05) is 0 Å². The van der Waals surface area contributed by atoms with Crippen LogP contribution in [0.2, 0.25) is 10.0 Å². The minimum atomic E-state index is -1.87. The molecule has 15 heteroatoms. The number of halogens is 7. The Hall–Kier alpha value is -5.27. The summed E-state index contributed by atoms with van der Waals surface area (Å²) in [7, 11) is 0. The van der Waals surface area contributed by atoms with E-state index in [2.05, 4.69) is 0 Å². The molecule has 0 N–H and O–H groups in total. The number of alkyl halides is 1. The SMILES string of the molecule is O=[N+]([O-])c1cc(C2CCC(c3cc([N+](=O)[O-])c(Cl)cc3F)N2c2cc(F)c(N3CCC(C(F)(c4ccccc4)c4ccccc4)CC3)c(F)c2)c(F)cc1Cl. The zero-order valence-corrected chi connectivity index (χ0v) is 30.3. The highest BCUT2D eigenvalue weighted by Gasteiger charge is 2.45. The van der Waals surface area contributed by atoms with Crippen molar-refractivity contribution in [2.45, 2.75) is 43.4 Å². The van der Waals surface area contributed by atoms with Crippen LogP contribution in [0.15, 0.2) is 97.1 Å². The Bertz CT molecular complexity index is 2140. The molecule has 2 unspecified atom stereocenters. The number of piperidine rings is 1. The van der Waals surface area contributed by atoms with Crippen molar-refractivity contribution in [2.24, 2.45) is 5.92 Å². The highest BCUT2D eigenvalue weighted by Crippen LogP contribution is 2.51. The highest BCUT2D eigenvalue weighted by molar-refractivity contribution is 6.33. The number of benzene rings is 5. The number of nitrogens with zero attached hydrogens (tertiary/aromatic N) is 4. The van der Waals surface area contributed by atoms with Crippen LogP contribution < -0.4 is 9.80 Å². The number of hydrogen-bond acceptors (Lipinski definition) is 6. The first kappa shape index (κ1) is 38.0. The second kappa shape index (κ2) is 15.1. The maximum absolute atomic E-state index is 17.3. The highest BCUT2D eigenvalue weighted by atomic mass is 35.5. The topological polar surface area (TPSA) is 92.8 Å². The zero-order chi connectivity index (χ0) is 39.2. The second-order valence-electron chi connectivity index (χ2n) is 13.6. The van der Waals surface area contributed by atoms with Crippen LogP contribution >= 0.6 is 23.2 Å². The van der Waals surface area contributed by atoms with Crippen molar-refractivity contribution in [3.8, 4) is 0 Å². The molecule has 0 aliphatic carbocycles. The summed E-state index contributed by atoms with van der Waals surface area (Å²) >= 11 is 11.9. The summed E-state index contributed by atoms with van der Waals surface area (Å²) in [4.78, 5) is 24.7. The number of anilines is 2. The van der Waals surface area contributed by atoms with Crippen LogP contribution in [0.25, 0.3) is 0 Å².